The maximum absolute atomic E-state index is 11.6. The van der Waals surface area contributed by atoms with Crippen LogP contribution in [-0.2, 0) is 4.79 Å². The highest BCUT2D eigenvalue weighted by Gasteiger charge is 2.40. The molecule has 80 valence electrons. The summed E-state index contributed by atoms with van der Waals surface area (Å²) in [6.45, 7) is 4.91. The van der Waals surface area contributed by atoms with Crippen LogP contribution in [0.4, 0.5) is 0 Å². The third-order valence-electron chi connectivity index (χ3n) is 3.44. The molecule has 2 fully saturated rings. The van der Waals surface area contributed by atoms with E-state index in [1.807, 2.05) is 13.8 Å². The molecule has 2 aliphatic rings. The predicted octanol–water partition coefficient (Wildman–Crippen LogP) is 1.69. The number of rotatable bonds is 1. The third-order valence-corrected chi connectivity index (χ3v) is 3.44. The van der Waals surface area contributed by atoms with E-state index in [4.69, 9.17) is 0 Å². The minimum absolute atomic E-state index is 0.183. The fourth-order valence-corrected chi connectivity index (χ4v) is 2.43. The van der Waals surface area contributed by atoms with Crippen LogP contribution >= 0.6 is 0 Å². The molecule has 1 amide bonds. The summed E-state index contributed by atoms with van der Waals surface area (Å²) in [5.41, 5.74) is 2.81. The Morgan fingerprint density at radius 1 is 1.29 bits per heavy atom. The van der Waals surface area contributed by atoms with E-state index < -0.39 is 0 Å². The van der Waals surface area contributed by atoms with Gasteiger partial charge < -0.3 is 0 Å². The Morgan fingerprint density at radius 2 is 1.93 bits per heavy atom. The second kappa shape index (κ2) is 3.54. The van der Waals surface area contributed by atoms with Gasteiger partial charge in [0.25, 0.3) is 0 Å². The normalized spacial score (nSPS) is 29.1. The van der Waals surface area contributed by atoms with Gasteiger partial charge in [-0.05, 0) is 26.7 Å². The molecular weight excluding hydrogens is 176 g/mol. The zero-order valence-electron chi connectivity index (χ0n) is 9.18. The van der Waals surface area contributed by atoms with Gasteiger partial charge in [-0.15, -0.1) is 0 Å². The summed E-state index contributed by atoms with van der Waals surface area (Å²) in [6, 6.07) is 0.592. The minimum atomic E-state index is -0.197. The molecule has 1 aliphatic heterocycles. The Labute approximate surface area is 85.8 Å². The van der Waals surface area contributed by atoms with Gasteiger partial charge in [0.15, 0.2) is 0 Å². The van der Waals surface area contributed by atoms with Gasteiger partial charge in [-0.3, -0.25) is 10.2 Å². The fourth-order valence-electron chi connectivity index (χ4n) is 2.43. The fraction of sp³-hybridized carbons (Fsp3) is 0.909. The lowest BCUT2D eigenvalue weighted by molar-refractivity contribution is -0.127. The molecule has 0 aromatic carbocycles. The van der Waals surface area contributed by atoms with Crippen molar-refractivity contribution >= 4 is 5.91 Å². The molecule has 0 bridgehead atoms. The molecule has 0 atom stereocenters. The summed E-state index contributed by atoms with van der Waals surface area (Å²) in [5.74, 6) is 0.183. The van der Waals surface area contributed by atoms with Crippen LogP contribution in [0.15, 0.2) is 0 Å². The number of carbonyl (C=O) groups is 1. The van der Waals surface area contributed by atoms with Crippen LogP contribution < -0.4 is 5.43 Å². The highest BCUT2D eigenvalue weighted by Crippen LogP contribution is 2.29. The predicted molar refractivity (Wildman–Crippen MR) is 55.5 cm³/mol. The molecule has 1 N–H and O–H groups in total. The Hall–Kier alpha value is -0.570. The van der Waals surface area contributed by atoms with Crippen LogP contribution in [0.5, 0.6) is 0 Å². The van der Waals surface area contributed by atoms with E-state index >= 15 is 0 Å². The molecule has 1 aliphatic carbocycles. The third kappa shape index (κ3) is 1.78. The van der Waals surface area contributed by atoms with E-state index in [9.17, 15) is 4.79 Å². The lowest BCUT2D eigenvalue weighted by Crippen LogP contribution is -2.42. The number of amides is 1. The van der Waals surface area contributed by atoms with Gasteiger partial charge in [0.2, 0.25) is 5.91 Å². The topological polar surface area (TPSA) is 32.3 Å². The number of nitrogens with one attached hydrogen (secondary N) is 1. The van der Waals surface area contributed by atoms with E-state index in [0.29, 0.717) is 6.04 Å². The maximum Gasteiger partial charge on any atom is 0.241 e. The molecule has 0 spiro atoms. The smallest absolute Gasteiger partial charge is 0.241 e. The van der Waals surface area contributed by atoms with Crippen LogP contribution in [0.2, 0.25) is 0 Å². The average molecular weight is 196 g/mol. The zero-order chi connectivity index (χ0) is 10.2. The van der Waals surface area contributed by atoms with Crippen molar-refractivity contribution in [2.24, 2.45) is 5.41 Å². The molecular formula is C11H20N2O. The van der Waals surface area contributed by atoms with E-state index in [2.05, 4.69) is 10.4 Å². The van der Waals surface area contributed by atoms with Crippen molar-refractivity contribution in [3.05, 3.63) is 0 Å². The van der Waals surface area contributed by atoms with Gasteiger partial charge in [0, 0.05) is 12.6 Å². The SMILES string of the molecule is CC1(C)CN(C2CCCCC2)NC1=O. The summed E-state index contributed by atoms with van der Waals surface area (Å²) < 4.78 is 0. The minimum Gasteiger partial charge on any atom is -0.288 e. The molecule has 3 heteroatoms. The lowest BCUT2D eigenvalue weighted by atomic mass is 9.92. The van der Waals surface area contributed by atoms with Gasteiger partial charge in [-0.25, -0.2) is 5.01 Å². The molecule has 2 rings (SSSR count). The first-order valence-electron chi connectivity index (χ1n) is 5.67. The highest BCUT2D eigenvalue weighted by atomic mass is 16.2. The molecule has 1 saturated heterocycles. The largest absolute Gasteiger partial charge is 0.288 e. The standard InChI is InChI=1S/C11H20N2O/c1-11(2)8-13(12-10(11)14)9-6-4-3-5-7-9/h9H,3-8H2,1-2H3,(H,12,14). The van der Waals surface area contributed by atoms with E-state index in [0.717, 1.165) is 6.54 Å². The average Bonchev–Trinajstić information content (AvgIpc) is 2.43. The molecule has 3 nitrogen and oxygen atoms in total. The molecule has 1 heterocycles. The van der Waals surface area contributed by atoms with Gasteiger partial charge in [-0.1, -0.05) is 19.3 Å². The van der Waals surface area contributed by atoms with E-state index in [1.54, 1.807) is 0 Å². The number of nitrogens with zero attached hydrogens (tertiary/aromatic N) is 1. The van der Waals surface area contributed by atoms with Crippen LogP contribution in [-0.4, -0.2) is 23.5 Å². The number of hydrazine groups is 1. The quantitative estimate of drug-likeness (QED) is 0.692. The van der Waals surface area contributed by atoms with E-state index in [-0.39, 0.29) is 11.3 Å². The molecule has 0 unspecified atom stereocenters. The van der Waals surface area contributed by atoms with Crippen molar-refractivity contribution in [3.63, 3.8) is 0 Å². The van der Waals surface area contributed by atoms with Crippen molar-refractivity contribution < 1.29 is 4.79 Å². The number of hydrogen-bond acceptors (Lipinski definition) is 2. The van der Waals surface area contributed by atoms with Gasteiger partial charge in [-0.2, -0.15) is 0 Å². The van der Waals surface area contributed by atoms with Crippen LogP contribution in [0.3, 0.4) is 0 Å². The molecule has 0 radical (unpaired) electrons. The maximum atomic E-state index is 11.6. The number of hydrogen-bond donors (Lipinski definition) is 1. The van der Waals surface area contributed by atoms with Gasteiger partial charge in [0.05, 0.1) is 5.41 Å². The van der Waals surface area contributed by atoms with Crippen molar-refractivity contribution in [2.45, 2.75) is 52.0 Å². The Bertz CT molecular complexity index is 231. The Kier molecular flexibility index (Phi) is 2.52. The van der Waals surface area contributed by atoms with Crippen molar-refractivity contribution in [3.8, 4) is 0 Å². The first-order chi connectivity index (χ1) is 6.59. The van der Waals surface area contributed by atoms with Crippen molar-refractivity contribution in [1.29, 1.82) is 0 Å². The summed E-state index contributed by atoms with van der Waals surface area (Å²) in [4.78, 5) is 11.6. The molecule has 0 aromatic heterocycles. The Morgan fingerprint density at radius 3 is 2.43 bits per heavy atom. The second-order valence-electron chi connectivity index (χ2n) is 5.24. The highest BCUT2D eigenvalue weighted by molar-refractivity contribution is 5.83. The zero-order valence-corrected chi connectivity index (χ0v) is 9.18. The first-order valence-corrected chi connectivity index (χ1v) is 5.67. The van der Waals surface area contributed by atoms with Gasteiger partial charge >= 0.3 is 0 Å². The van der Waals surface area contributed by atoms with Crippen LogP contribution in [0.25, 0.3) is 0 Å². The first kappa shape index (κ1) is 9.97. The molecule has 0 aromatic rings. The number of carbonyl (C=O) groups excluding carboxylic acids is 1. The second-order valence-corrected chi connectivity index (χ2v) is 5.24. The molecule has 14 heavy (non-hydrogen) atoms. The summed E-state index contributed by atoms with van der Waals surface area (Å²) >= 11 is 0. The van der Waals surface area contributed by atoms with E-state index in [1.165, 1.54) is 32.1 Å². The monoisotopic (exact) mass is 196 g/mol. The summed E-state index contributed by atoms with van der Waals surface area (Å²) in [7, 11) is 0. The van der Waals surface area contributed by atoms with Crippen LogP contribution in [0.1, 0.15) is 46.0 Å². The van der Waals surface area contributed by atoms with Crippen LogP contribution in [0, 0.1) is 5.41 Å². The summed E-state index contributed by atoms with van der Waals surface area (Å²) in [5, 5.41) is 2.17. The van der Waals surface area contributed by atoms with Gasteiger partial charge in [0.1, 0.15) is 0 Å². The lowest BCUT2D eigenvalue weighted by Gasteiger charge is -2.30. The molecule has 1 saturated carbocycles. The van der Waals surface area contributed by atoms with Crippen molar-refractivity contribution in [2.75, 3.05) is 6.54 Å². The summed E-state index contributed by atoms with van der Waals surface area (Å²) in [6.07, 6.45) is 6.49. The van der Waals surface area contributed by atoms with Crippen molar-refractivity contribution in [1.82, 2.24) is 10.4 Å². The Balaban J connectivity index is 1.97.